The molecule has 8 heteroatoms. The van der Waals surface area contributed by atoms with E-state index in [0.29, 0.717) is 0 Å². The summed E-state index contributed by atoms with van der Waals surface area (Å²) in [7, 11) is 1.57. The highest BCUT2D eigenvalue weighted by Gasteiger charge is 2.04. The Morgan fingerprint density at radius 3 is 1.93 bits per heavy atom. The SMILES string of the molecule is CC(C)OC(O)=S(C)SSS(C)=C(O)O. The van der Waals surface area contributed by atoms with Crippen molar-refractivity contribution < 1.29 is 20.1 Å². The van der Waals surface area contributed by atoms with E-state index in [-0.39, 0.29) is 11.3 Å². The molecule has 0 aliphatic rings. The zero-order valence-corrected chi connectivity index (χ0v) is 12.2. The maximum atomic E-state index is 9.48. The van der Waals surface area contributed by atoms with Crippen molar-refractivity contribution in [2.24, 2.45) is 0 Å². The van der Waals surface area contributed by atoms with Crippen LogP contribution in [0.15, 0.2) is 0 Å². The molecule has 4 nitrogen and oxygen atoms in total. The Morgan fingerprint density at radius 2 is 1.53 bits per heavy atom. The first kappa shape index (κ1) is 16.0. The molecule has 0 aliphatic heterocycles. The first-order valence-electron chi connectivity index (χ1n) is 3.99. The Morgan fingerprint density at radius 1 is 1.07 bits per heavy atom. The van der Waals surface area contributed by atoms with Crippen molar-refractivity contribution in [1.82, 2.24) is 0 Å². The van der Waals surface area contributed by atoms with Gasteiger partial charge in [-0.3, -0.25) is 0 Å². The van der Waals surface area contributed by atoms with Crippen LogP contribution >= 0.6 is 38.7 Å². The van der Waals surface area contributed by atoms with Crippen molar-refractivity contribution in [2.45, 2.75) is 20.0 Å². The van der Waals surface area contributed by atoms with E-state index in [4.69, 9.17) is 14.9 Å². The number of aliphatic hydroxyl groups is 3. The molecule has 0 saturated heterocycles. The number of hydrogen-bond donors (Lipinski definition) is 3. The largest absolute Gasteiger partial charge is 0.336 e. The normalized spacial score (nSPS) is 16.4. The third-order valence-electron chi connectivity index (χ3n) is 1.07. The van der Waals surface area contributed by atoms with Crippen molar-refractivity contribution in [3.63, 3.8) is 0 Å². The minimum absolute atomic E-state index is 0.00284. The van der Waals surface area contributed by atoms with Gasteiger partial charge in [-0.15, -0.1) is 0 Å². The van der Waals surface area contributed by atoms with Gasteiger partial charge < -0.3 is 20.1 Å². The van der Waals surface area contributed by atoms with Gasteiger partial charge in [-0.1, -0.05) is 19.0 Å². The van der Waals surface area contributed by atoms with E-state index in [2.05, 4.69) is 0 Å². The summed E-state index contributed by atoms with van der Waals surface area (Å²) in [4.78, 5) is 0. The first-order valence-corrected chi connectivity index (χ1v) is 10.4. The predicted molar refractivity (Wildman–Crippen MR) is 76.3 cm³/mol. The Kier molecular flexibility index (Phi) is 8.66. The summed E-state index contributed by atoms with van der Waals surface area (Å²) in [5.41, 5.74) is 0. The molecule has 0 rings (SSSR count). The van der Waals surface area contributed by atoms with E-state index in [0.717, 1.165) is 0 Å². The standard InChI is InChI=1S/C7H16O4S4/c1-5(2)11-7(10)15(4)13-12-14(3)6(8)9/h5,8-10H,1-4H3. The van der Waals surface area contributed by atoms with E-state index in [1.54, 1.807) is 6.26 Å². The molecule has 0 amide bonds. The first-order chi connectivity index (χ1) is 6.84. The fourth-order valence-corrected chi connectivity index (χ4v) is 9.07. The molecule has 0 bridgehead atoms. The quantitative estimate of drug-likeness (QED) is 0.546. The summed E-state index contributed by atoms with van der Waals surface area (Å²) in [5.74, 6) is 0. The van der Waals surface area contributed by atoms with Gasteiger partial charge in [0.2, 0.25) is 10.5 Å². The summed E-state index contributed by atoms with van der Waals surface area (Å²) < 4.78 is 5.13. The van der Waals surface area contributed by atoms with Gasteiger partial charge in [-0.2, -0.15) is 0 Å². The second-order valence-electron chi connectivity index (χ2n) is 2.76. The zero-order chi connectivity index (χ0) is 12.0. The molecule has 0 aromatic carbocycles. The number of hydrogen-bond acceptors (Lipinski definition) is 3. The van der Waals surface area contributed by atoms with Crippen LogP contribution in [0.4, 0.5) is 0 Å². The molecular formula is C7H16O4S4. The zero-order valence-electron chi connectivity index (χ0n) is 8.96. The molecule has 0 aromatic heterocycles. The molecule has 0 aliphatic carbocycles. The Labute approximate surface area is 101 Å². The van der Waals surface area contributed by atoms with Gasteiger partial charge in [0.15, 0.2) is 0 Å². The van der Waals surface area contributed by atoms with Gasteiger partial charge in [0.25, 0.3) is 0 Å². The van der Waals surface area contributed by atoms with Gasteiger partial charge in [-0.25, -0.2) is 0 Å². The molecule has 2 unspecified atom stereocenters. The maximum Gasteiger partial charge on any atom is 0.218 e. The van der Waals surface area contributed by atoms with Crippen LogP contribution in [0.2, 0.25) is 0 Å². The van der Waals surface area contributed by atoms with E-state index >= 15 is 0 Å². The molecule has 0 radical (unpaired) electrons. The van der Waals surface area contributed by atoms with E-state index in [1.807, 2.05) is 20.1 Å². The fraction of sp³-hybridized carbons (Fsp3) is 0.714. The fourth-order valence-electron chi connectivity index (χ4n) is 0.412. The molecule has 0 heterocycles. The summed E-state index contributed by atoms with van der Waals surface area (Å²) in [6, 6.07) is 0. The van der Waals surface area contributed by atoms with Crippen LogP contribution in [0, 0.1) is 0 Å². The third kappa shape index (κ3) is 7.81. The van der Waals surface area contributed by atoms with Gasteiger partial charge >= 0.3 is 0 Å². The van der Waals surface area contributed by atoms with Gasteiger partial charge in [0.1, 0.15) is 0 Å². The summed E-state index contributed by atoms with van der Waals surface area (Å²) >= 11 is 0. The Bertz CT molecular complexity index is 270. The average Bonchev–Trinajstić information content (AvgIpc) is 2.12. The summed E-state index contributed by atoms with van der Waals surface area (Å²) in [6.45, 7) is 3.67. The van der Waals surface area contributed by atoms with Gasteiger partial charge in [0.05, 0.1) is 6.10 Å². The van der Waals surface area contributed by atoms with Crippen LogP contribution in [-0.2, 0) is 4.74 Å². The number of rotatable bonds is 4. The van der Waals surface area contributed by atoms with Crippen LogP contribution in [0.1, 0.15) is 13.8 Å². The lowest BCUT2D eigenvalue weighted by atomic mass is 10.5. The smallest absolute Gasteiger partial charge is 0.218 e. The molecule has 0 saturated carbocycles. The van der Waals surface area contributed by atoms with Crippen LogP contribution in [0.5, 0.6) is 0 Å². The maximum absolute atomic E-state index is 9.48. The second kappa shape index (κ2) is 8.13. The minimum atomic E-state index is -0.637. The Hall–Kier alpha value is 0.980. The average molecular weight is 292 g/mol. The number of aliphatic hydroxyl groups excluding tert-OH is 2. The highest BCUT2D eigenvalue weighted by atomic mass is 33.7. The molecule has 92 valence electrons. The van der Waals surface area contributed by atoms with Gasteiger partial charge in [0, 0.05) is 0 Å². The second-order valence-corrected chi connectivity index (χ2v) is 11.8. The van der Waals surface area contributed by atoms with Crippen molar-refractivity contribution in [3.05, 3.63) is 0 Å². The lowest BCUT2D eigenvalue weighted by Crippen LogP contribution is -2.09. The lowest BCUT2D eigenvalue weighted by Gasteiger charge is -2.09. The van der Waals surface area contributed by atoms with Crippen molar-refractivity contribution >= 4 is 49.2 Å². The van der Waals surface area contributed by atoms with Crippen molar-refractivity contribution in [1.29, 1.82) is 0 Å². The molecule has 0 spiro atoms. The Balaban J connectivity index is 4.24. The molecule has 2 atom stereocenters. The van der Waals surface area contributed by atoms with Crippen molar-refractivity contribution in [3.8, 4) is 0 Å². The summed E-state index contributed by atoms with van der Waals surface area (Å²) in [5, 5.41) is 26.4. The topological polar surface area (TPSA) is 69.9 Å². The monoisotopic (exact) mass is 292 g/mol. The van der Waals surface area contributed by atoms with Crippen molar-refractivity contribution in [2.75, 3.05) is 12.5 Å². The van der Waals surface area contributed by atoms with E-state index in [1.165, 1.54) is 19.7 Å². The molecular weight excluding hydrogens is 276 g/mol. The van der Waals surface area contributed by atoms with Crippen LogP contribution in [0.3, 0.4) is 0 Å². The van der Waals surface area contributed by atoms with E-state index < -0.39 is 24.3 Å². The highest BCUT2D eigenvalue weighted by molar-refractivity contribution is 9.29. The minimum Gasteiger partial charge on any atom is -0.336 e. The van der Waals surface area contributed by atoms with Crippen LogP contribution < -0.4 is 0 Å². The predicted octanol–water partition coefficient (Wildman–Crippen LogP) is 3.27. The van der Waals surface area contributed by atoms with Crippen LogP contribution in [-0.4, -0.2) is 44.4 Å². The third-order valence-corrected chi connectivity index (χ3v) is 10.6. The molecule has 15 heavy (non-hydrogen) atoms. The summed E-state index contributed by atoms with van der Waals surface area (Å²) in [6.07, 6.45) is 3.47. The van der Waals surface area contributed by atoms with E-state index in [9.17, 15) is 5.11 Å². The molecule has 3 N–H and O–H groups in total. The number of ether oxygens (including phenoxy) is 1. The van der Waals surface area contributed by atoms with Crippen LogP contribution in [0.25, 0.3) is 0 Å². The highest BCUT2D eigenvalue weighted by Crippen LogP contribution is 2.48. The van der Waals surface area contributed by atoms with Gasteiger partial charge in [-0.05, 0) is 46.0 Å². The molecule has 0 fully saturated rings. The lowest BCUT2D eigenvalue weighted by molar-refractivity contribution is 0.182. The molecule has 0 aromatic rings.